The van der Waals surface area contributed by atoms with Crippen LogP contribution in [0.3, 0.4) is 0 Å². The lowest BCUT2D eigenvalue weighted by atomic mass is 10.1. The number of fused-ring (bicyclic) bond motifs is 1. The Morgan fingerprint density at radius 3 is 2.61 bits per heavy atom. The smallest absolute Gasteiger partial charge is 0.355 e. The number of hydrogen-bond donors (Lipinski definition) is 1. The number of aromatic nitrogens is 1. The highest BCUT2D eigenvalue weighted by Crippen LogP contribution is 2.22. The number of carbonyl (C=O) groups is 2. The lowest BCUT2D eigenvalue weighted by Crippen LogP contribution is -2.21. The zero-order chi connectivity index (χ0) is 16.2. The van der Waals surface area contributed by atoms with Crippen molar-refractivity contribution in [1.29, 1.82) is 0 Å². The van der Waals surface area contributed by atoms with Crippen molar-refractivity contribution < 1.29 is 14.3 Å². The molecule has 1 aromatic heterocycles. The second kappa shape index (κ2) is 6.36. The number of nitrogens with one attached hydrogen (secondary N) is 1. The molecule has 0 aliphatic carbocycles. The average Bonchev–Trinajstić information content (AvgIpc) is 2.99. The summed E-state index contributed by atoms with van der Waals surface area (Å²) in [4.78, 5) is 23.9. The first-order chi connectivity index (χ1) is 11.1. The van der Waals surface area contributed by atoms with Crippen LogP contribution in [0.2, 0.25) is 0 Å². The standard InChI is InChI=1S/C18H16N2O3/c1-20-11-5-10-16(20)18(22)23-12-17(21)19-15-9-4-7-13-6-2-3-8-14(13)15/h2-11H,12H2,1H3,(H,19,21). The van der Waals surface area contributed by atoms with Gasteiger partial charge in [-0.25, -0.2) is 4.79 Å². The third-order valence-corrected chi connectivity index (χ3v) is 3.55. The summed E-state index contributed by atoms with van der Waals surface area (Å²) in [7, 11) is 1.74. The summed E-state index contributed by atoms with van der Waals surface area (Å²) in [6, 6.07) is 16.8. The van der Waals surface area contributed by atoms with Crippen LogP contribution in [-0.4, -0.2) is 23.1 Å². The zero-order valence-corrected chi connectivity index (χ0v) is 12.7. The van der Waals surface area contributed by atoms with Crippen molar-refractivity contribution in [2.75, 3.05) is 11.9 Å². The number of aryl methyl sites for hydroxylation is 1. The maximum absolute atomic E-state index is 12.0. The van der Waals surface area contributed by atoms with Crippen LogP contribution < -0.4 is 5.32 Å². The Kier molecular flexibility index (Phi) is 4.10. The molecule has 0 bridgehead atoms. The normalized spacial score (nSPS) is 10.5. The first-order valence-electron chi connectivity index (χ1n) is 7.21. The van der Waals surface area contributed by atoms with Gasteiger partial charge in [0.25, 0.3) is 5.91 Å². The summed E-state index contributed by atoms with van der Waals surface area (Å²) in [5, 5.41) is 4.75. The maximum Gasteiger partial charge on any atom is 0.355 e. The largest absolute Gasteiger partial charge is 0.451 e. The van der Waals surface area contributed by atoms with Crippen molar-refractivity contribution in [3.8, 4) is 0 Å². The van der Waals surface area contributed by atoms with Crippen LogP contribution in [0.15, 0.2) is 60.8 Å². The summed E-state index contributed by atoms with van der Waals surface area (Å²) in [5.74, 6) is -0.894. The highest BCUT2D eigenvalue weighted by Gasteiger charge is 2.13. The fraction of sp³-hybridized carbons (Fsp3) is 0.111. The minimum atomic E-state index is -0.523. The van der Waals surface area contributed by atoms with Crippen LogP contribution in [0.1, 0.15) is 10.5 Å². The van der Waals surface area contributed by atoms with E-state index in [9.17, 15) is 9.59 Å². The predicted octanol–water partition coefficient (Wildman–Crippen LogP) is 2.97. The number of carbonyl (C=O) groups excluding carboxylic acids is 2. The van der Waals surface area contributed by atoms with Crippen molar-refractivity contribution in [2.45, 2.75) is 0 Å². The van der Waals surface area contributed by atoms with Gasteiger partial charge in [-0.3, -0.25) is 4.79 Å². The molecule has 1 heterocycles. The molecule has 0 aliphatic heterocycles. The van der Waals surface area contributed by atoms with E-state index in [-0.39, 0.29) is 12.5 Å². The van der Waals surface area contributed by atoms with Crippen LogP contribution >= 0.6 is 0 Å². The fourth-order valence-electron chi connectivity index (χ4n) is 2.40. The van der Waals surface area contributed by atoms with Gasteiger partial charge in [-0.05, 0) is 23.6 Å². The second-order valence-electron chi connectivity index (χ2n) is 5.16. The topological polar surface area (TPSA) is 60.3 Å². The van der Waals surface area contributed by atoms with E-state index in [0.29, 0.717) is 11.4 Å². The van der Waals surface area contributed by atoms with Crippen LogP contribution in [-0.2, 0) is 16.6 Å². The lowest BCUT2D eigenvalue weighted by molar-refractivity contribution is -0.119. The SMILES string of the molecule is Cn1cccc1C(=O)OCC(=O)Nc1cccc2ccccc12. The van der Waals surface area contributed by atoms with Crippen molar-refractivity contribution in [3.05, 3.63) is 66.5 Å². The number of esters is 1. The van der Waals surface area contributed by atoms with Gasteiger partial charge >= 0.3 is 5.97 Å². The number of nitrogens with zero attached hydrogens (tertiary/aromatic N) is 1. The van der Waals surface area contributed by atoms with E-state index in [1.165, 1.54) is 0 Å². The summed E-state index contributed by atoms with van der Waals surface area (Å²) in [6.45, 7) is -0.326. The molecule has 2 aromatic carbocycles. The Morgan fingerprint density at radius 1 is 1.04 bits per heavy atom. The molecule has 0 radical (unpaired) electrons. The van der Waals surface area contributed by atoms with Crippen LogP contribution in [0.4, 0.5) is 5.69 Å². The van der Waals surface area contributed by atoms with Crippen molar-refractivity contribution in [2.24, 2.45) is 7.05 Å². The molecule has 0 fully saturated rings. The van der Waals surface area contributed by atoms with E-state index in [0.717, 1.165) is 10.8 Å². The monoisotopic (exact) mass is 308 g/mol. The third kappa shape index (κ3) is 3.23. The van der Waals surface area contributed by atoms with Gasteiger partial charge in [-0.2, -0.15) is 0 Å². The summed E-state index contributed by atoms with van der Waals surface area (Å²) < 4.78 is 6.69. The molecule has 116 valence electrons. The highest BCUT2D eigenvalue weighted by molar-refractivity contribution is 6.03. The average molecular weight is 308 g/mol. The molecule has 3 aromatic rings. The van der Waals surface area contributed by atoms with E-state index < -0.39 is 5.97 Å². The summed E-state index contributed by atoms with van der Waals surface area (Å²) in [6.07, 6.45) is 1.74. The van der Waals surface area contributed by atoms with E-state index in [2.05, 4.69) is 5.32 Å². The number of amides is 1. The molecule has 0 aliphatic rings. The molecule has 0 spiro atoms. The van der Waals surface area contributed by atoms with Gasteiger partial charge in [0.05, 0.1) is 0 Å². The summed E-state index contributed by atoms with van der Waals surface area (Å²) >= 11 is 0. The highest BCUT2D eigenvalue weighted by atomic mass is 16.5. The molecule has 1 amide bonds. The zero-order valence-electron chi connectivity index (χ0n) is 12.7. The van der Waals surface area contributed by atoms with E-state index in [4.69, 9.17) is 4.74 Å². The van der Waals surface area contributed by atoms with Crippen LogP contribution in [0.5, 0.6) is 0 Å². The van der Waals surface area contributed by atoms with E-state index >= 15 is 0 Å². The Balaban J connectivity index is 1.65. The maximum atomic E-state index is 12.0. The van der Waals surface area contributed by atoms with Crippen molar-refractivity contribution in [1.82, 2.24) is 4.57 Å². The molecule has 0 saturated heterocycles. The molecule has 0 atom stereocenters. The van der Waals surface area contributed by atoms with Gasteiger partial charge < -0.3 is 14.6 Å². The Morgan fingerprint density at radius 2 is 1.83 bits per heavy atom. The first-order valence-corrected chi connectivity index (χ1v) is 7.21. The lowest BCUT2D eigenvalue weighted by Gasteiger charge is -2.09. The summed E-state index contributed by atoms with van der Waals surface area (Å²) in [5.41, 5.74) is 1.10. The minimum absolute atomic E-state index is 0.326. The predicted molar refractivity (Wildman–Crippen MR) is 88.3 cm³/mol. The molecular weight excluding hydrogens is 292 g/mol. The van der Waals surface area contributed by atoms with Gasteiger partial charge in [0.1, 0.15) is 5.69 Å². The van der Waals surface area contributed by atoms with Crippen molar-refractivity contribution >= 4 is 28.3 Å². The Bertz CT molecular complexity index is 862. The third-order valence-electron chi connectivity index (χ3n) is 3.55. The molecule has 3 rings (SSSR count). The molecular formula is C18H16N2O3. The van der Waals surface area contributed by atoms with Gasteiger partial charge in [0.2, 0.25) is 0 Å². The molecule has 5 nitrogen and oxygen atoms in total. The number of anilines is 1. The molecule has 1 N–H and O–H groups in total. The van der Waals surface area contributed by atoms with E-state index in [1.807, 2.05) is 42.5 Å². The molecule has 5 heteroatoms. The number of benzene rings is 2. The molecule has 0 unspecified atom stereocenters. The minimum Gasteiger partial charge on any atom is -0.451 e. The van der Waals surface area contributed by atoms with Crippen LogP contribution in [0, 0.1) is 0 Å². The first kappa shape index (κ1) is 14.8. The van der Waals surface area contributed by atoms with E-state index in [1.54, 1.807) is 29.9 Å². The van der Waals surface area contributed by atoms with Gasteiger partial charge in [0, 0.05) is 24.3 Å². The number of ether oxygens (including phenoxy) is 1. The van der Waals surface area contributed by atoms with Gasteiger partial charge in [-0.15, -0.1) is 0 Å². The quantitative estimate of drug-likeness (QED) is 0.754. The van der Waals surface area contributed by atoms with Gasteiger partial charge in [-0.1, -0.05) is 36.4 Å². The Labute approximate surface area is 133 Å². The fourth-order valence-corrected chi connectivity index (χ4v) is 2.40. The number of rotatable bonds is 4. The van der Waals surface area contributed by atoms with Gasteiger partial charge in [0.15, 0.2) is 6.61 Å². The van der Waals surface area contributed by atoms with Crippen molar-refractivity contribution in [3.63, 3.8) is 0 Å². The number of hydrogen-bond acceptors (Lipinski definition) is 3. The molecule has 23 heavy (non-hydrogen) atoms. The molecule has 0 saturated carbocycles. The Hall–Kier alpha value is -3.08. The second-order valence-corrected chi connectivity index (χ2v) is 5.16. The van der Waals surface area contributed by atoms with Crippen LogP contribution in [0.25, 0.3) is 10.8 Å².